The van der Waals surface area contributed by atoms with E-state index in [2.05, 4.69) is 27.2 Å². The summed E-state index contributed by atoms with van der Waals surface area (Å²) in [5.41, 5.74) is 3.27. The Bertz CT molecular complexity index is 999. The third-order valence-corrected chi connectivity index (χ3v) is 3.97. The third kappa shape index (κ3) is 6.07. The monoisotopic (exact) mass is 404 g/mol. The first-order valence-electron chi connectivity index (χ1n) is 9.48. The highest BCUT2D eigenvalue weighted by molar-refractivity contribution is 5.92. The van der Waals surface area contributed by atoms with Gasteiger partial charge in [0.2, 0.25) is 5.95 Å². The van der Waals surface area contributed by atoms with Crippen molar-refractivity contribution in [2.24, 2.45) is 0 Å². The quantitative estimate of drug-likeness (QED) is 0.514. The minimum absolute atomic E-state index is 0.134. The van der Waals surface area contributed by atoms with Gasteiger partial charge in [0.25, 0.3) is 5.91 Å². The molecule has 2 N–H and O–H groups in total. The van der Waals surface area contributed by atoms with E-state index in [-0.39, 0.29) is 12.5 Å². The van der Waals surface area contributed by atoms with E-state index < -0.39 is 0 Å². The molecule has 0 unspecified atom stereocenters. The van der Waals surface area contributed by atoms with Crippen LogP contribution in [0.2, 0.25) is 0 Å². The summed E-state index contributed by atoms with van der Waals surface area (Å²) in [7, 11) is 0. The van der Waals surface area contributed by atoms with E-state index in [0.29, 0.717) is 29.7 Å². The van der Waals surface area contributed by atoms with E-state index in [1.807, 2.05) is 44.2 Å². The van der Waals surface area contributed by atoms with Crippen molar-refractivity contribution >= 4 is 23.2 Å². The fourth-order valence-electron chi connectivity index (χ4n) is 2.73. The lowest BCUT2D eigenvalue weighted by molar-refractivity contribution is -0.118. The number of carbonyl (C=O) groups excluding carboxylic acids is 1. The van der Waals surface area contributed by atoms with Crippen LogP contribution in [0, 0.1) is 13.8 Å². The average molecular weight is 404 g/mol. The molecule has 1 heterocycles. The highest BCUT2D eigenvalue weighted by Crippen LogP contribution is 2.26. The molecule has 0 atom stereocenters. The molecule has 0 spiro atoms. The van der Waals surface area contributed by atoms with E-state index in [9.17, 15) is 4.79 Å². The lowest BCUT2D eigenvalue weighted by Crippen LogP contribution is -2.20. The van der Waals surface area contributed by atoms with Gasteiger partial charge >= 0.3 is 0 Å². The number of aromatic nitrogens is 2. The summed E-state index contributed by atoms with van der Waals surface area (Å²) in [5, 5.41) is 5.96. The second-order valence-electron chi connectivity index (χ2n) is 6.56. The van der Waals surface area contributed by atoms with Gasteiger partial charge in [0.05, 0.1) is 0 Å². The fourth-order valence-corrected chi connectivity index (χ4v) is 2.73. The Labute approximate surface area is 175 Å². The van der Waals surface area contributed by atoms with Gasteiger partial charge in [-0.25, -0.2) is 9.97 Å². The Balaban J connectivity index is 1.54. The zero-order chi connectivity index (χ0) is 21.3. The summed E-state index contributed by atoms with van der Waals surface area (Å²) >= 11 is 0. The molecule has 154 valence electrons. The van der Waals surface area contributed by atoms with Crippen LogP contribution in [-0.4, -0.2) is 29.1 Å². The number of anilines is 3. The molecule has 0 aliphatic carbocycles. The molecule has 1 amide bonds. The summed E-state index contributed by atoms with van der Waals surface area (Å²) in [6.07, 6.45) is 1.65. The first-order valence-corrected chi connectivity index (χ1v) is 9.48. The number of nitrogens with one attached hydrogen (secondary N) is 2. The first kappa shape index (κ1) is 20.9. The van der Waals surface area contributed by atoms with Crippen LogP contribution in [0.1, 0.15) is 11.4 Å². The fraction of sp³-hybridized carbons (Fsp3) is 0.174. The van der Waals surface area contributed by atoms with Crippen LogP contribution in [-0.2, 0) is 4.79 Å². The Morgan fingerprint density at radius 3 is 2.20 bits per heavy atom. The number of rotatable bonds is 9. The average Bonchev–Trinajstić information content (AvgIpc) is 2.72. The molecule has 7 heteroatoms. The topological polar surface area (TPSA) is 85.4 Å². The van der Waals surface area contributed by atoms with Crippen LogP contribution >= 0.6 is 0 Å². The lowest BCUT2D eigenvalue weighted by Gasteiger charge is -2.12. The molecular formula is C23H24N4O3. The van der Waals surface area contributed by atoms with E-state index in [4.69, 9.17) is 9.47 Å². The molecule has 0 aliphatic heterocycles. The number of hydrogen-bond donors (Lipinski definition) is 2. The lowest BCUT2D eigenvalue weighted by atomic mass is 10.2. The molecule has 0 saturated heterocycles. The van der Waals surface area contributed by atoms with Gasteiger partial charge in [-0.05, 0) is 56.3 Å². The maximum atomic E-state index is 12.2. The molecule has 0 saturated carbocycles. The first-order chi connectivity index (χ1) is 14.5. The van der Waals surface area contributed by atoms with Crippen molar-refractivity contribution in [1.29, 1.82) is 0 Å². The normalized spacial score (nSPS) is 10.2. The highest BCUT2D eigenvalue weighted by Gasteiger charge is 2.08. The van der Waals surface area contributed by atoms with Crippen LogP contribution in [0.5, 0.6) is 11.5 Å². The number of para-hydroxylation sites is 2. The maximum Gasteiger partial charge on any atom is 0.262 e. The van der Waals surface area contributed by atoms with Crippen LogP contribution in [0.15, 0.2) is 67.3 Å². The zero-order valence-corrected chi connectivity index (χ0v) is 17.0. The van der Waals surface area contributed by atoms with Gasteiger partial charge in [0.1, 0.15) is 6.61 Å². The Hall–Kier alpha value is -3.87. The molecule has 7 nitrogen and oxygen atoms in total. The number of aryl methyl sites for hydroxylation is 2. The zero-order valence-electron chi connectivity index (χ0n) is 17.0. The second-order valence-corrected chi connectivity index (χ2v) is 6.56. The number of amides is 1. The smallest absolute Gasteiger partial charge is 0.262 e. The van der Waals surface area contributed by atoms with E-state index in [0.717, 1.165) is 17.1 Å². The van der Waals surface area contributed by atoms with Gasteiger partial charge in [0.15, 0.2) is 18.1 Å². The molecule has 0 bridgehead atoms. The molecule has 0 radical (unpaired) electrons. The molecule has 1 aromatic heterocycles. The van der Waals surface area contributed by atoms with Crippen molar-refractivity contribution in [3.8, 4) is 11.5 Å². The van der Waals surface area contributed by atoms with Crippen molar-refractivity contribution < 1.29 is 14.3 Å². The maximum absolute atomic E-state index is 12.2. The predicted molar refractivity (Wildman–Crippen MR) is 117 cm³/mol. The Morgan fingerprint density at radius 1 is 0.967 bits per heavy atom. The SMILES string of the molecule is C=CCOc1ccccc1OCC(=O)Nc1ccc(Nc2nc(C)cc(C)n2)cc1. The predicted octanol–water partition coefficient (Wildman–Crippen LogP) is 4.42. The van der Waals surface area contributed by atoms with Crippen LogP contribution in [0.3, 0.4) is 0 Å². The van der Waals surface area contributed by atoms with Crippen molar-refractivity contribution in [2.75, 3.05) is 23.8 Å². The van der Waals surface area contributed by atoms with Gasteiger partial charge in [-0.2, -0.15) is 0 Å². The van der Waals surface area contributed by atoms with Gasteiger partial charge in [-0.1, -0.05) is 24.8 Å². The number of benzene rings is 2. The van der Waals surface area contributed by atoms with Crippen LogP contribution in [0.25, 0.3) is 0 Å². The molecule has 0 fully saturated rings. The highest BCUT2D eigenvalue weighted by atomic mass is 16.5. The van der Waals surface area contributed by atoms with E-state index in [1.54, 1.807) is 30.3 Å². The molecule has 30 heavy (non-hydrogen) atoms. The summed E-state index contributed by atoms with van der Waals surface area (Å²) in [5.74, 6) is 1.33. The Morgan fingerprint density at radius 2 is 1.57 bits per heavy atom. The van der Waals surface area contributed by atoms with Gasteiger partial charge in [0, 0.05) is 22.8 Å². The molecule has 3 rings (SSSR count). The number of ether oxygens (including phenoxy) is 2. The van der Waals surface area contributed by atoms with Crippen LogP contribution < -0.4 is 20.1 Å². The number of nitrogens with zero attached hydrogens (tertiary/aromatic N) is 2. The van der Waals surface area contributed by atoms with Crippen molar-refractivity contribution in [2.45, 2.75) is 13.8 Å². The summed E-state index contributed by atoms with van der Waals surface area (Å²) in [6, 6.07) is 16.4. The molecular weight excluding hydrogens is 380 g/mol. The van der Waals surface area contributed by atoms with E-state index >= 15 is 0 Å². The summed E-state index contributed by atoms with van der Waals surface area (Å²) < 4.78 is 11.1. The van der Waals surface area contributed by atoms with Crippen LogP contribution in [0.4, 0.5) is 17.3 Å². The molecule has 0 aliphatic rings. The third-order valence-electron chi connectivity index (χ3n) is 3.97. The Kier molecular flexibility index (Phi) is 7.00. The minimum Gasteiger partial charge on any atom is -0.486 e. The number of carbonyl (C=O) groups is 1. The largest absolute Gasteiger partial charge is 0.486 e. The summed E-state index contributed by atoms with van der Waals surface area (Å²) in [6.45, 7) is 7.69. The second kappa shape index (κ2) is 10.1. The minimum atomic E-state index is -0.271. The van der Waals surface area contributed by atoms with Gasteiger partial charge in [-0.3, -0.25) is 4.79 Å². The molecule has 2 aromatic carbocycles. The van der Waals surface area contributed by atoms with Crippen molar-refractivity contribution in [3.05, 3.63) is 78.6 Å². The van der Waals surface area contributed by atoms with Gasteiger partial charge in [-0.15, -0.1) is 0 Å². The number of hydrogen-bond acceptors (Lipinski definition) is 6. The van der Waals surface area contributed by atoms with E-state index in [1.165, 1.54) is 0 Å². The molecule has 3 aromatic rings. The summed E-state index contributed by atoms with van der Waals surface area (Å²) in [4.78, 5) is 20.9. The van der Waals surface area contributed by atoms with Crippen molar-refractivity contribution in [1.82, 2.24) is 9.97 Å². The van der Waals surface area contributed by atoms with Crippen molar-refractivity contribution in [3.63, 3.8) is 0 Å². The standard InChI is InChI=1S/C23H24N4O3/c1-4-13-29-20-7-5-6-8-21(20)30-15-22(28)26-18-9-11-19(12-10-18)27-23-24-16(2)14-17(3)25-23/h4-12,14H,1,13,15H2,2-3H3,(H,26,28)(H,24,25,27). The van der Waals surface area contributed by atoms with Gasteiger partial charge < -0.3 is 20.1 Å².